The average Bonchev–Trinajstić information content (AvgIpc) is 3.22. The molecule has 1 fully saturated rings. The molecule has 3 rings (SSSR count). The summed E-state index contributed by atoms with van der Waals surface area (Å²) in [6, 6.07) is 5.50. The second kappa shape index (κ2) is 13.4. The predicted octanol–water partition coefficient (Wildman–Crippen LogP) is 6.37. The van der Waals surface area contributed by atoms with E-state index in [2.05, 4.69) is 15.4 Å². The largest absolute Gasteiger partial charge is 0.593 e. The van der Waals surface area contributed by atoms with Gasteiger partial charge in [-0.05, 0) is 82.7 Å². The summed E-state index contributed by atoms with van der Waals surface area (Å²) in [6.45, 7) is 11.5. The van der Waals surface area contributed by atoms with Crippen molar-refractivity contribution in [3.05, 3.63) is 41.1 Å². The number of nitrogens with one attached hydrogen (secondary N) is 3. The van der Waals surface area contributed by atoms with Crippen molar-refractivity contribution < 1.29 is 27.3 Å². The fourth-order valence-electron chi connectivity index (χ4n) is 5.42. The van der Waals surface area contributed by atoms with Gasteiger partial charge in [0.05, 0.1) is 22.5 Å². The molecule has 234 valence electrons. The molecule has 2 aromatic rings. The number of alkyl halides is 3. The third-order valence-corrected chi connectivity index (χ3v) is 9.39. The molecule has 0 spiro atoms. The minimum Gasteiger partial charge on any atom is -0.593 e. The summed E-state index contributed by atoms with van der Waals surface area (Å²) in [4.78, 5) is 25.1. The first-order chi connectivity index (χ1) is 19.4. The van der Waals surface area contributed by atoms with Gasteiger partial charge in [-0.1, -0.05) is 33.1 Å². The second-order valence-corrected chi connectivity index (χ2v) is 14.1. The van der Waals surface area contributed by atoms with Crippen molar-refractivity contribution in [1.82, 2.24) is 19.9 Å². The van der Waals surface area contributed by atoms with E-state index in [0.717, 1.165) is 31.7 Å². The van der Waals surface area contributed by atoms with Crippen LogP contribution in [0.3, 0.4) is 0 Å². The van der Waals surface area contributed by atoms with Crippen LogP contribution < -0.4 is 15.4 Å². The zero-order chi connectivity index (χ0) is 31.5. The minimum absolute atomic E-state index is 0.128. The Morgan fingerprint density at radius 2 is 1.69 bits per heavy atom. The highest BCUT2D eigenvalue weighted by Gasteiger charge is 2.39. The first kappa shape index (κ1) is 34.0. The van der Waals surface area contributed by atoms with Gasteiger partial charge in [-0.3, -0.25) is 9.59 Å². The van der Waals surface area contributed by atoms with Crippen LogP contribution in [0.1, 0.15) is 94.8 Å². The maximum Gasteiger partial charge on any atom is 0.421 e. The number of hydrogen-bond acceptors (Lipinski definition) is 4. The Labute approximate surface area is 250 Å². The lowest BCUT2D eigenvalue weighted by Gasteiger charge is -2.25. The van der Waals surface area contributed by atoms with Gasteiger partial charge in [0.2, 0.25) is 5.91 Å². The molecule has 0 aliphatic heterocycles. The van der Waals surface area contributed by atoms with Crippen molar-refractivity contribution in [1.29, 1.82) is 0 Å². The fourth-order valence-corrected chi connectivity index (χ4v) is 6.65. The van der Waals surface area contributed by atoms with Gasteiger partial charge in [-0.15, -0.1) is 4.72 Å². The fraction of sp³-hybridized carbons (Fsp3) is 0.613. The van der Waals surface area contributed by atoms with Crippen LogP contribution in [0.15, 0.2) is 29.2 Å². The minimum atomic E-state index is -4.73. The SMILES string of the molecule is CNC(=O)C(C)(C)CCNC(=O)c1cc(-c2ccc([S+]([O-])NC(C)(C)C)c(C(F)(F)F)c2)n(CC2CCCCC2)c1C. The average molecular weight is 611 g/mol. The Morgan fingerprint density at radius 1 is 1.05 bits per heavy atom. The van der Waals surface area contributed by atoms with Gasteiger partial charge in [-0.2, -0.15) is 13.2 Å². The summed E-state index contributed by atoms with van der Waals surface area (Å²) >= 11 is -2.08. The number of hydrogen-bond donors (Lipinski definition) is 3. The summed E-state index contributed by atoms with van der Waals surface area (Å²) in [7, 11) is 1.57. The lowest BCUT2D eigenvalue weighted by molar-refractivity contribution is -0.139. The third kappa shape index (κ3) is 8.54. The van der Waals surface area contributed by atoms with Crippen molar-refractivity contribution in [3.8, 4) is 11.3 Å². The van der Waals surface area contributed by atoms with Gasteiger partial charge in [0.1, 0.15) is 5.56 Å². The van der Waals surface area contributed by atoms with E-state index in [-0.39, 0.29) is 23.3 Å². The molecule has 1 aromatic carbocycles. The Kier molecular flexibility index (Phi) is 10.9. The van der Waals surface area contributed by atoms with Crippen molar-refractivity contribution in [2.45, 2.75) is 103 Å². The van der Waals surface area contributed by atoms with Gasteiger partial charge in [0.15, 0.2) is 4.90 Å². The molecule has 42 heavy (non-hydrogen) atoms. The van der Waals surface area contributed by atoms with Gasteiger partial charge < -0.3 is 19.8 Å². The second-order valence-electron chi connectivity index (χ2n) is 12.9. The topological polar surface area (TPSA) is 98.2 Å². The quantitative estimate of drug-likeness (QED) is 0.273. The number of amides is 2. The summed E-state index contributed by atoms with van der Waals surface area (Å²) in [5, 5.41) is 5.52. The molecule has 1 aliphatic rings. The highest BCUT2D eigenvalue weighted by Crippen LogP contribution is 2.39. The van der Waals surface area contributed by atoms with Crippen LogP contribution in [0.5, 0.6) is 0 Å². The number of nitrogens with zero attached hydrogens (tertiary/aromatic N) is 1. The molecular weight excluding hydrogens is 565 g/mol. The Balaban J connectivity index is 2.01. The monoisotopic (exact) mass is 610 g/mol. The first-order valence-electron chi connectivity index (χ1n) is 14.6. The number of carbonyl (C=O) groups is 2. The van der Waals surface area contributed by atoms with Gasteiger partial charge in [-0.25, -0.2) is 0 Å². The molecular formula is C31H45F3N4O3S. The van der Waals surface area contributed by atoms with Crippen LogP contribution in [0, 0.1) is 18.3 Å². The van der Waals surface area contributed by atoms with Gasteiger partial charge in [0.25, 0.3) is 5.91 Å². The van der Waals surface area contributed by atoms with E-state index >= 15 is 0 Å². The third-order valence-electron chi connectivity index (χ3n) is 7.83. The van der Waals surface area contributed by atoms with Crippen LogP contribution >= 0.6 is 0 Å². The molecule has 1 atom stereocenters. The first-order valence-corrected chi connectivity index (χ1v) is 15.7. The zero-order valence-electron chi connectivity index (χ0n) is 25.8. The van der Waals surface area contributed by atoms with E-state index in [1.807, 2.05) is 11.5 Å². The van der Waals surface area contributed by atoms with Crippen LogP contribution in [0.4, 0.5) is 13.2 Å². The summed E-state index contributed by atoms with van der Waals surface area (Å²) < 4.78 is 60.4. The number of rotatable bonds is 10. The summed E-state index contributed by atoms with van der Waals surface area (Å²) in [5.74, 6) is -0.110. The molecule has 1 heterocycles. The van der Waals surface area contributed by atoms with Crippen molar-refractivity contribution in [3.63, 3.8) is 0 Å². The van der Waals surface area contributed by atoms with Crippen LogP contribution in [0.2, 0.25) is 0 Å². The van der Waals surface area contributed by atoms with Crippen molar-refractivity contribution in [2.75, 3.05) is 13.6 Å². The molecule has 1 saturated carbocycles. The van der Waals surface area contributed by atoms with Crippen LogP contribution in [-0.4, -0.2) is 40.1 Å². The molecule has 0 radical (unpaired) electrons. The standard InChI is InChI=1S/C31H45F3N4O3S/c1-20-23(27(39)36-16-15-30(5,6)28(40)35-7)18-25(38(20)19-21-11-9-8-10-12-21)22-13-14-26(24(17-22)31(32,33)34)42(41)37-29(2,3)4/h13-14,17-18,21,37H,8-12,15-16,19H2,1-7H3,(H,35,40)(H,36,39). The molecule has 11 heteroatoms. The lowest BCUT2D eigenvalue weighted by atomic mass is 9.88. The molecule has 2 amide bonds. The lowest BCUT2D eigenvalue weighted by Crippen LogP contribution is -2.41. The Morgan fingerprint density at radius 3 is 2.26 bits per heavy atom. The zero-order valence-corrected chi connectivity index (χ0v) is 26.6. The Bertz CT molecular complexity index is 1260. The molecule has 1 unspecified atom stereocenters. The van der Waals surface area contributed by atoms with E-state index in [9.17, 15) is 27.3 Å². The van der Waals surface area contributed by atoms with E-state index in [1.165, 1.54) is 12.5 Å². The molecule has 3 N–H and O–H groups in total. The maximum atomic E-state index is 14.3. The number of carbonyl (C=O) groups excluding carboxylic acids is 2. The Hall–Kier alpha value is -2.50. The van der Waals surface area contributed by atoms with Crippen LogP contribution in [0.25, 0.3) is 11.3 Å². The molecule has 7 nitrogen and oxygen atoms in total. The van der Waals surface area contributed by atoms with Crippen LogP contribution in [-0.2, 0) is 28.9 Å². The van der Waals surface area contributed by atoms with E-state index < -0.39 is 34.1 Å². The van der Waals surface area contributed by atoms with Crippen molar-refractivity contribution >= 4 is 23.2 Å². The number of aromatic nitrogens is 1. The summed E-state index contributed by atoms with van der Waals surface area (Å²) in [6.07, 6.45) is 1.12. The normalized spacial score (nSPS) is 15.9. The predicted molar refractivity (Wildman–Crippen MR) is 160 cm³/mol. The maximum absolute atomic E-state index is 14.3. The number of halogens is 3. The molecule has 0 saturated heterocycles. The van der Waals surface area contributed by atoms with Crippen molar-refractivity contribution in [2.24, 2.45) is 11.3 Å². The number of benzene rings is 1. The smallest absolute Gasteiger partial charge is 0.421 e. The molecule has 1 aliphatic carbocycles. The van der Waals surface area contributed by atoms with E-state index in [1.54, 1.807) is 53.8 Å². The highest BCUT2D eigenvalue weighted by atomic mass is 32.2. The molecule has 0 bridgehead atoms. The van der Waals surface area contributed by atoms with Gasteiger partial charge >= 0.3 is 6.18 Å². The van der Waals surface area contributed by atoms with E-state index in [0.29, 0.717) is 41.4 Å². The van der Waals surface area contributed by atoms with Gasteiger partial charge in [0, 0.05) is 36.9 Å². The molecule has 1 aromatic heterocycles. The van der Waals surface area contributed by atoms with E-state index in [4.69, 9.17) is 0 Å². The summed E-state index contributed by atoms with van der Waals surface area (Å²) in [5.41, 5.74) is -0.426. The highest BCUT2D eigenvalue weighted by molar-refractivity contribution is 7.89.